The highest BCUT2D eigenvalue weighted by Gasteiger charge is 2.23. The molecule has 2 rings (SSSR count). The summed E-state index contributed by atoms with van der Waals surface area (Å²) < 4.78 is 0. The molecule has 1 aliphatic heterocycles. The maximum Gasteiger partial charge on any atom is 0.253 e. The van der Waals surface area contributed by atoms with E-state index in [1.54, 1.807) is 24.3 Å². The number of amides is 1. The second kappa shape index (κ2) is 6.75. The Kier molecular flexibility index (Phi) is 5.01. The Bertz CT molecular complexity index is 436. The fourth-order valence-electron chi connectivity index (χ4n) is 2.65. The minimum Gasteiger partial charge on any atom is -0.508 e. The zero-order chi connectivity index (χ0) is 14.5. The van der Waals surface area contributed by atoms with Gasteiger partial charge in [-0.25, -0.2) is 0 Å². The van der Waals surface area contributed by atoms with E-state index in [0.717, 1.165) is 26.1 Å². The third kappa shape index (κ3) is 3.97. The van der Waals surface area contributed by atoms with Crippen molar-refractivity contribution in [3.8, 4) is 5.75 Å². The number of aromatic hydroxyl groups is 1. The Balaban J connectivity index is 2.07. The molecule has 110 valence electrons. The van der Waals surface area contributed by atoms with Crippen LogP contribution in [0.1, 0.15) is 37.0 Å². The van der Waals surface area contributed by atoms with E-state index in [1.807, 2.05) is 4.90 Å². The summed E-state index contributed by atoms with van der Waals surface area (Å²) in [5.74, 6) is 0.680. The van der Waals surface area contributed by atoms with Crippen molar-refractivity contribution in [1.29, 1.82) is 0 Å². The van der Waals surface area contributed by atoms with E-state index in [2.05, 4.69) is 19.2 Å². The average Bonchev–Trinajstić information content (AvgIpc) is 2.90. The van der Waals surface area contributed by atoms with Crippen molar-refractivity contribution < 1.29 is 9.90 Å². The first kappa shape index (κ1) is 14.9. The normalized spacial score (nSPS) is 18.4. The first-order valence-electron chi connectivity index (χ1n) is 7.38. The molecule has 1 atom stereocenters. The molecule has 1 aromatic rings. The molecule has 1 saturated heterocycles. The van der Waals surface area contributed by atoms with Gasteiger partial charge in [-0.2, -0.15) is 0 Å². The van der Waals surface area contributed by atoms with Crippen LogP contribution in [0, 0.1) is 5.92 Å². The fraction of sp³-hybridized carbons (Fsp3) is 0.562. The molecule has 0 aliphatic carbocycles. The van der Waals surface area contributed by atoms with Gasteiger partial charge in [0.15, 0.2) is 0 Å². The van der Waals surface area contributed by atoms with Crippen LogP contribution in [-0.2, 0) is 0 Å². The summed E-state index contributed by atoms with van der Waals surface area (Å²) in [4.78, 5) is 14.5. The molecular weight excluding hydrogens is 252 g/mol. The van der Waals surface area contributed by atoms with E-state index in [-0.39, 0.29) is 11.7 Å². The predicted octanol–water partition coefficient (Wildman–Crippen LogP) is 2.24. The molecular formula is C16H24N2O2. The zero-order valence-corrected chi connectivity index (χ0v) is 12.3. The third-order valence-corrected chi connectivity index (χ3v) is 3.59. The lowest BCUT2D eigenvalue weighted by Gasteiger charge is -2.27. The number of hydrogen-bond donors (Lipinski definition) is 2. The lowest BCUT2D eigenvalue weighted by molar-refractivity contribution is 0.0721. The van der Waals surface area contributed by atoms with Gasteiger partial charge in [0, 0.05) is 24.7 Å². The molecule has 4 nitrogen and oxygen atoms in total. The van der Waals surface area contributed by atoms with Gasteiger partial charge in [0.25, 0.3) is 5.91 Å². The van der Waals surface area contributed by atoms with Gasteiger partial charge < -0.3 is 15.3 Å². The first-order chi connectivity index (χ1) is 9.56. The fourth-order valence-corrected chi connectivity index (χ4v) is 2.65. The highest BCUT2D eigenvalue weighted by atomic mass is 16.3. The number of carbonyl (C=O) groups is 1. The van der Waals surface area contributed by atoms with Crippen molar-refractivity contribution in [1.82, 2.24) is 10.2 Å². The SMILES string of the molecule is CC(C)CN(CC1CCCN1)C(=O)c1ccc(O)cc1. The van der Waals surface area contributed by atoms with Gasteiger partial charge in [-0.05, 0) is 49.6 Å². The second-order valence-electron chi connectivity index (χ2n) is 5.94. The van der Waals surface area contributed by atoms with Crippen LogP contribution in [0.4, 0.5) is 0 Å². The van der Waals surface area contributed by atoms with E-state index in [4.69, 9.17) is 0 Å². The zero-order valence-electron chi connectivity index (χ0n) is 12.3. The van der Waals surface area contributed by atoms with Gasteiger partial charge in [0.2, 0.25) is 0 Å². The van der Waals surface area contributed by atoms with Crippen LogP contribution in [0.3, 0.4) is 0 Å². The van der Waals surface area contributed by atoms with E-state index < -0.39 is 0 Å². The van der Waals surface area contributed by atoms with Gasteiger partial charge in [0.05, 0.1) is 0 Å². The second-order valence-corrected chi connectivity index (χ2v) is 5.94. The molecule has 1 aromatic carbocycles. The van der Waals surface area contributed by atoms with Crippen molar-refractivity contribution in [2.24, 2.45) is 5.92 Å². The van der Waals surface area contributed by atoms with E-state index >= 15 is 0 Å². The van der Waals surface area contributed by atoms with E-state index in [9.17, 15) is 9.90 Å². The number of phenolic OH excluding ortho intramolecular Hbond substituents is 1. The smallest absolute Gasteiger partial charge is 0.253 e. The average molecular weight is 276 g/mol. The van der Waals surface area contributed by atoms with Crippen molar-refractivity contribution >= 4 is 5.91 Å². The largest absolute Gasteiger partial charge is 0.508 e. The van der Waals surface area contributed by atoms with Crippen molar-refractivity contribution in [2.45, 2.75) is 32.7 Å². The highest BCUT2D eigenvalue weighted by Crippen LogP contribution is 2.15. The van der Waals surface area contributed by atoms with Crippen molar-refractivity contribution in [3.63, 3.8) is 0 Å². The molecule has 1 heterocycles. The van der Waals surface area contributed by atoms with E-state index in [1.165, 1.54) is 6.42 Å². The van der Waals surface area contributed by atoms with Gasteiger partial charge in [0.1, 0.15) is 5.75 Å². The number of carbonyl (C=O) groups excluding carboxylic acids is 1. The van der Waals surface area contributed by atoms with Gasteiger partial charge in [-0.1, -0.05) is 13.8 Å². The molecule has 20 heavy (non-hydrogen) atoms. The molecule has 0 saturated carbocycles. The Morgan fingerprint density at radius 1 is 1.40 bits per heavy atom. The summed E-state index contributed by atoms with van der Waals surface area (Å²) in [6.45, 7) is 6.82. The monoisotopic (exact) mass is 276 g/mol. The van der Waals surface area contributed by atoms with Crippen LogP contribution < -0.4 is 5.32 Å². The molecule has 4 heteroatoms. The molecule has 1 fully saturated rings. The van der Waals surface area contributed by atoms with Crippen LogP contribution in [0.25, 0.3) is 0 Å². The molecule has 0 radical (unpaired) electrons. The molecule has 0 bridgehead atoms. The van der Waals surface area contributed by atoms with Crippen molar-refractivity contribution in [2.75, 3.05) is 19.6 Å². The Morgan fingerprint density at radius 3 is 2.65 bits per heavy atom. The quantitative estimate of drug-likeness (QED) is 0.867. The number of hydrogen-bond acceptors (Lipinski definition) is 3. The van der Waals surface area contributed by atoms with Crippen LogP contribution >= 0.6 is 0 Å². The molecule has 1 amide bonds. The summed E-state index contributed by atoms with van der Waals surface area (Å²) in [5, 5.41) is 12.8. The van der Waals surface area contributed by atoms with Gasteiger partial charge in [-0.15, -0.1) is 0 Å². The topological polar surface area (TPSA) is 52.6 Å². The maximum atomic E-state index is 12.6. The molecule has 0 aromatic heterocycles. The van der Waals surface area contributed by atoms with Crippen molar-refractivity contribution in [3.05, 3.63) is 29.8 Å². The standard InChI is InChI=1S/C16H24N2O2/c1-12(2)10-18(11-14-4-3-9-17-14)16(20)13-5-7-15(19)8-6-13/h5-8,12,14,17,19H,3-4,9-11H2,1-2H3. The highest BCUT2D eigenvalue weighted by molar-refractivity contribution is 5.94. The summed E-state index contributed by atoms with van der Waals surface area (Å²) in [6.07, 6.45) is 2.32. The lowest BCUT2D eigenvalue weighted by atomic mass is 10.1. The van der Waals surface area contributed by atoms with Gasteiger partial charge in [-0.3, -0.25) is 4.79 Å². The number of phenols is 1. The van der Waals surface area contributed by atoms with E-state index in [0.29, 0.717) is 17.5 Å². The summed E-state index contributed by atoms with van der Waals surface area (Å²) in [6, 6.07) is 6.92. The Labute approximate surface area is 120 Å². The number of nitrogens with zero attached hydrogens (tertiary/aromatic N) is 1. The Morgan fingerprint density at radius 2 is 2.10 bits per heavy atom. The first-order valence-corrected chi connectivity index (χ1v) is 7.38. The maximum absolute atomic E-state index is 12.6. The molecule has 2 N–H and O–H groups in total. The van der Waals surface area contributed by atoms with Crippen LogP contribution in [0.5, 0.6) is 5.75 Å². The third-order valence-electron chi connectivity index (χ3n) is 3.59. The van der Waals surface area contributed by atoms with Gasteiger partial charge >= 0.3 is 0 Å². The summed E-state index contributed by atoms with van der Waals surface area (Å²) in [7, 11) is 0. The summed E-state index contributed by atoms with van der Waals surface area (Å²) in [5.41, 5.74) is 0.640. The lowest BCUT2D eigenvalue weighted by Crippen LogP contribution is -2.42. The molecule has 0 spiro atoms. The Hall–Kier alpha value is -1.55. The molecule has 1 aliphatic rings. The number of benzene rings is 1. The number of nitrogens with one attached hydrogen (secondary N) is 1. The van der Waals surface area contributed by atoms with Crippen LogP contribution in [0.15, 0.2) is 24.3 Å². The summed E-state index contributed by atoms with van der Waals surface area (Å²) >= 11 is 0. The van der Waals surface area contributed by atoms with Crippen LogP contribution in [-0.4, -0.2) is 41.6 Å². The minimum atomic E-state index is 0.0485. The predicted molar refractivity (Wildman–Crippen MR) is 79.9 cm³/mol. The molecule has 1 unspecified atom stereocenters. The van der Waals surface area contributed by atoms with Crippen LogP contribution in [0.2, 0.25) is 0 Å². The minimum absolute atomic E-state index is 0.0485. The number of rotatable bonds is 5.